The van der Waals surface area contributed by atoms with Gasteiger partial charge in [-0.15, -0.1) is 11.3 Å². The molecule has 3 rings (SSSR count). The molecule has 0 aliphatic carbocycles. The molecule has 0 aliphatic rings. The zero-order chi connectivity index (χ0) is 19.1. The van der Waals surface area contributed by atoms with Gasteiger partial charge in [-0.2, -0.15) is 0 Å². The smallest absolute Gasteiger partial charge is 0.236 e. The Hall–Kier alpha value is -2.80. The van der Waals surface area contributed by atoms with E-state index in [-0.39, 0.29) is 6.61 Å². The highest BCUT2D eigenvalue weighted by Gasteiger charge is 2.08. The highest BCUT2D eigenvalue weighted by Crippen LogP contribution is 2.28. The summed E-state index contributed by atoms with van der Waals surface area (Å²) in [6, 6.07) is 9.54. The van der Waals surface area contributed by atoms with E-state index in [1.165, 1.54) is 0 Å². The Morgan fingerprint density at radius 1 is 1.26 bits per heavy atom. The van der Waals surface area contributed by atoms with E-state index < -0.39 is 0 Å². The highest BCUT2D eigenvalue weighted by atomic mass is 32.1. The third-order valence-electron chi connectivity index (χ3n) is 3.53. The molecular weight excluding hydrogens is 364 g/mol. The van der Waals surface area contributed by atoms with Crippen molar-refractivity contribution < 1.29 is 18.7 Å². The van der Waals surface area contributed by atoms with Crippen LogP contribution in [0.3, 0.4) is 0 Å². The van der Waals surface area contributed by atoms with Crippen LogP contribution in [0.15, 0.2) is 51.5 Å². The van der Waals surface area contributed by atoms with Crippen molar-refractivity contribution in [3.05, 3.63) is 53.2 Å². The summed E-state index contributed by atoms with van der Waals surface area (Å²) in [5.74, 6) is 2.42. The summed E-state index contributed by atoms with van der Waals surface area (Å²) in [7, 11) is 1.62. The minimum atomic E-state index is 0.234. The topological polar surface area (TPSA) is 66.1 Å². The molecule has 0 spiro atoms. The van der Waals surface area contributed by atoms with Crippen LogP contribution in [0.5, 0.6) is 11.5 Å². The number of oxime groups is 1. The van der Waals surface area contributed by atoms with Crippen LogP contribution in [-0.4, -0.2) is 24.9 Å². The maximum atomic E-state index is 5.74. The standard InChI is InChI=1S/C20H22N2O4S/c1-14(2)11-24-17-7-6-15(9-18(17)23-3)10-21-26-13-16-12-25-20(22-16)19-5-4-8-27-19/h4-10,12,14H,11,13H2,1-3H3/b21-10-. The van der Waals surface area contributed by atoms with Crippen LogP contribution < -0.4 is 9.47 Å². The zero-order valence-corrected chi connectivity index (χ0v) is 16.4. The van der Waals surface area contributed by atoms with Crippen molar-refractivity contribution in [2.75, 3.05) is 13.7 Å². The second-order valence-corrected chi connectivity index (χ2v) is 7.19. The second kappa shape index (κ2) is 9.23. The molecule has 0 bridgehead atoms. The number of oxazole rings is 1. The number of thiophene rings is 1. The lowest BCUT2D eigenvalue weighted by Gasteiger charge is -2.12. The number of nitrogens with zero attached hydrogens (tertiary/aromatic N) is 2. The van der Waals surface area contributed by atoms with Crippen molar-refractivity contribution in [2.24, 2.45) is 11.1 Å². The molecule has 0 unspecified atom stereocenters. The average Bonchev–Trinajstić information content (AvgIpc) is 3.35. The Balaban J connectivity index is 1.55. The summed E-state index contributed by atoms with van der Waals surface area (Å²) >= 11 is 1.58. The van der Waals surface area contributed by atoms with Crippen LogP contribution in [0.1, 0.15) is 25.1 Å². The number of hydrogen-bond acceptors (Lipinski definition) is 7. The van der Waals surface area contributed by atoms with Gasteiger partial charge in [-0.3, -0.25) is 0 Å². The molecule has 3 aromatic rings. The number of methoxy groups -OCH3 is 1. The van der Waals surface area contributed by atoms with Crippen molar-refractivity contribution in [3.8, 4) is 22.3 Å². The number of benzene rings is 1. The van der Waals surface area contributed by atoms with Gasteiger partial charge in [0.15, 0.2) is 18.1 Å². The second-order valence-electron chi connectivity index (χ2n) is 6.24. The van der Waals surface area contributed by atoms with Crippen LogP contribution in [0.25, 0.3) is 10.8 Å². The number of rotatable bonds is 9. The lowest BCUT2D eigenvalue weighted by atomic mass is 10.2. The molecule has 0 saturated heterocycles. The molecule has 0 radical (unpaired) electrons. The van der Waals surface area contributed by atoms with Crippen molar-refractivity contribution in [1.82, 2.24) is 4.98 Å². The summed E-state index contributed by atoms with van der Waals surface area (Å²) in [6.07, 6.45) is 3.20. The van der Waals surface area contributed by atoms with Gasteiger partial charge >= 0.3 is 0 Å². The maximum absolute atomic E-state index is 5.74. The Morgan fingerprint density at radius 2 is 2.15 bits per heavy atom. The van der Waals surface area contributed by atoms with Crippen LogP contribution >= 0.6 is 11.3 Å². The fourth-order valence-corrected chi connectivity index (χ4v) is 2.88. The minimum Gasteiger partial charge on any atom is -0.493 e. The number of ether oxygens (including phenoxy) is 2. The predicted octanol–water partition coefficient (Wildman–Crippen LogP) is 5.00. The molecule has 7 heteroatoms. The third kappa shape index (κ3) is 5.34. The fraction of sp³-hybridized carbons (Fsp3) is 0.300. The number of hydrogen-bond donors (Lipinski definition) is 0. The predicted molar refractivity (Wildman–Crippen MR) is 106 cm³/mol. The minimum absolute atomic E-state index is 0.234. The highest BCUT2D eigenvalue weighted by molar-refractivity contribution is 7.13. The molecule has 2 aromatic heterocycles. The molecule has 0 aliphatic heterocycles. The molecule has 1 aromatic carbocycles. The average molecular weight is 386 g/mol. The van der Waals surface area contributed by atoms with E-state index in [1.807, 2.05) is 35.7 Å². The lowest BCUT2D eigenvalue weighted by Crippen LogP contribution is -2.05. The Labute approximate surface area is 162 Å². The van der Waals surface area contributed by atoms with E-state index in [9.17, 15) is 0 Å². The first kappa shape index (κ1) is 19.0. The Bertz CT molecular complexity index is 872. The molecule has 27 heavy (non-hydrogen) atoms. The molecular formula is C20H22N2O4S. The van der Waals surface area contributed by atoms with Gasteiger partial charge in [0.25, 0.3) is 0 Å². The van der Waals surface area contributed by atoms with E-state index in [0.717, 1.165) is 10.4 Å². The van der Waals surface area contributed by atoms with Crippen molar-refractivity contribution in [3.63, 3.8) is 0 Å². The monoisotopic (exact) mass is 386 g/mol. The summed E-state index contributed by atoms with van der Waals surface area (Å²) in [6.45, 7) is 5.07. The zero-order valence-electron chi connectivity index (χ0n) is 15.5. The first-order valence-electron chi connectivity index (χ1n) is 8.60. The van der Waals surface area contributed by atoms with Gasteiger partial charge in [-0.1, -0.05) is 25.1 Å². The lowest BCUT2D eigenvalue weighted by molar-refractivity contribution is 0.129. The van der Waals surface area contributed by atoms with Crippen molar-refractivity contribution in [1.29, 1.82) is 0 Å². The first-order valence-corrected chi connectivity index (χ1v) is 9.48. The first-order chi connectivity index (χ1) is 13.2. The summed E-state index contributed by atoms with van der Waals surface area (Å²) in [5, 5.41) is 5.97. The molecule has 0 amide bonds. The summed E-state index contributed by atoms with van der Waals surface area (Å²) in [5.41, 5.74) is 1.54. The summed E-state index contributed by atoms with van der Waals surface area (Å²) < 4.78 is 16.6. The fourth-order valence-electron chi connectivity index (χ4n) is 2.23. The van der Waals surface area contributed by atoms with Crippen LogP contribution in [0.2, 0.25) is 0 Å². The van der Waals surface area contributed by atoms with Gasteiger partial charge in [0.05, 0.1) is 24.8 Å². The van der Waals surface area contributed by atoms with E-state index in [4.69, 9.17) is 18.7 Å². The van der Waals surface area contributed by atoms with Crippen LogP contribution in [0.4, 0.5) is 0 Å². The van der Waals surface area contributed by atoms with Gasteiger partial charge in [0.1, 0.15) is 12.0 Å². The van der Waals surface area contributed by atoms with Crippen LogP contribution in [-0.2, 0) is 11.4 Å². The molecule has 0 saturated carbocycles. The molecule has 0 atom stereocenters. The SMILES string of the molecule is COc1cc(/C=N\OCc2coc(-c3cccs3)n2)ccc1OCC(C)C. The van der Waals surface area contributed by atoms with E-state index >= 15 is 0 Å². The third-order valence-corrected chi connectivity index (χ3v) is 4.39. The molecule has 0 N–H and O–H groups in total. The van der Waals surface area contributed by atoms with Gasteiger partial charge in [-0.05, 0) is 35.6 Å². The normalized spacial score (nSPS) is 11.3. The molecule has 142 valence electrons. The molecule has 6 nitrogen and oxygen atoms in total. The van der Waals surface area contributed by atoms with Crippen molar-refractivity contribution in [2.45, 2.75) is 20.5 Å². The van der Waals surface area contributed by atoms with Gasteiger partial charge < -0.3 is 18.7 Å². The molecule has 2 heterocycles. The Kier molecular flexibility index (Phi) is 6.49. The van der Waals surface area contributed by atoms with E-state index in [2.05, 4.69) is 24.0 Å². The van der Waals surface area contributed by atoms with Gasteiger partial charge in [0, 0.05) is 5.56 Å². The van der Waals surface area contributed by atoms with Crippen LogP contribution in [0, 0.1) is 5.92 Å². The van der Waals surface area contributed by atoms with Gasteiger partial charge in [-0.25, -0.2) is 4.98 Å². The number of aromatic nitrogens is 1. The maximum Gasteiger partial charge on any atom is 0.236 e. The molecule has 0 fully saturated rings. The van der Waals surface area contributed by atoms with Gasteiger partial charge in [0.2, 0.25) is 5.89 Å². The quantitative estimate of drug-likeness (QED) is 0.382. The van der Waals surface area contributed by atoms with Crippen molar-refractivity contribution >= 4 is 17.6 Å². The van der Waals surface area contributed by atoms with E-state index in [1.54, 1.807) is 30.9 Å². The van der Waals surface area contributed by atoms with E-state index in [0.29, 0.717) is 35.6 Å². The largest absolute Gasteiger partial charge is 0.493 e. The Morgan fingerprint density at radius 3 is 2.89 bits per heavy atom. The summed E-state index contributed by atoms with van der Waals surface area (Å²) in [4.78, 5) is 10.7.